The summed E-state index contributed by atoms with van der Waals surface area (Å²) in [6.45, 7) is 8.13. The average Bonchev–Trinajstić information content (AvgIpc) is 3.33. The van der Waals surface area contributed by atoms with Gasteiger partial charge in [0.1, 0.15) is 18.9 Å². The number of nitrogens with zero attached hydrogens (tertiary/aromatic N) is 2. The van der Waals surface area contributed by atoms with E-state index in [-0.39, 0.29) is 30.7 Å². The summed E-state index contributed by atoms with van der Waals surface area (Å²) >= 11 is 0. The maximum Gasteiger partial charge on any atom is 0.331 e. The highest BCUT2D eigenvalue weighted by Gasteiger charge is 2.22. The molecule has 0 unspecified atom stereocenters. The molecule has 0 radical (unpaired) electrons. The molecule has 0 saturated heterocycles. The molecule has 0 aliphatic heterocycles. The minimum Gasteiger partial charge on any atom is -0.464 e. The van der Waals surface area contributed by atoms with Crippen molar-refractivity contribution in [2.45, 2.75) is 27.3 Å². The lowest BCUT2D eigenvalue weighted by molar-refractivity contribution is -0.142. The van der Waals surface area contributed by atoms with Crippen LogP contribution in [0.15, 0.2) is 90.6 Å². The van der Waals surface area contributed by atoms with Crippen molar-refractivity contribution in [3.8, 4) is 0 Å². The summed E-state index contributed by atoms with van der Waals surface area (Å²) in [7, 11) is 0. The fraction of sp³-hybridized carbons (Fsp3) is 0.171. The second-order valence-electron chi connectivity index (χ2n) is 10.2. The van der Waals surface area contributed by atoms with Crippen LogP contribution in [0.5, 0.6) is 0 Å². The molecule has 0 aliphatic rings. The molecule has 9 heteroatoms. The van der Waals surface area contributed by atoms with Gasteiger partial charge in [-0.25, -0.2) is 9.59 Å². The topological polar surface area (TPSA) is 113 Å². The van der Waals surface area contributed by atoms with Gasteiger partial charge in [-0.1, -0.05) is 66.3 Å². The molecule has 0 fully saturated rings. The third-order valence-corrected chi connectivity index (χ3v) is 7.25. The predicted octanol–water partition coefficient (Wildman–Crippen LogP) is 6.05. The zero-order valence-corrected chi connectivity index (χ0v) is 24.6. The summed E-state index contributed by atoms with van der Waals surface area (Å²) in [5.41, 5.74) is 4.43. The number of rotatable bonds is 10. The van der Waals surface area contributed by atoms with Crippen LogP contribution in [-0.4, -0.2) is 47.2 Å². The normalized spacial score (nSPS) is 11.5. The van der Waals surface area contributed by atoms with Gasteiger partial charge in [0.25, 0.3) is 0 Å². The first-order valence-electron chi connectivity index (χ1n) is 13.9. The molecule has 1 aromatic heterocycles. The molecule has 0 N–H and O–H groups in total. The van der Waals surface area contributed by atoms with Crippen molar-refractivity contribution in [1.82, 2.24) is 4.57 Å². The van der Waals surface area contributed by atoms with Crippen molar-refractivity contribution in [2.24, 2.45) is 5.16 Å². The Bertz CT molecular complexity index is 2000. The Labute approximate surface area is 253 Å². The third kappa shape index (κ3) is 5.98. The number of carbonyl (C=O) groups is 4. The molecule has 0 spiro atoms. The summed E-state index contributed by atoms with van der Waals surface area (Å²) in [5.74, 6) is -1.78. The Morgan fingerprint density at radius 2 is 1.55 bits per heavy atom. The second kappa shape index (κ2) is 12.7. The number of ketones is 1. The van der Waals surface area contributed by atoms with Crippen LogP contribution >= 0.6 is 0 Å². The van der Waals surface area contributed by atoms with E-state index in [1.807, 2.05) is 73.7 Å². The molecule has 44 heavy (non-hydrogen) atoms. The highest BCUT2D eigenvalue weighted by Crippen LogP contribution is 2.37. The lowest BCUT2D eigenvalue weighted by atomic mass is 9.92. The fourth-order valence-electron chi connectivity index (χ4n) is 5.30. The van der Waals surface area contributed by atoms with Gasteiger partial charge in [-0.15, -0.1) is 0 Å². The third-order valence-electron chi connectivity index (χ3n) is 7.25. The van der Waals surface area contributed by atoms with Crippen LogP contribution in [0.4, 0.5) is 0 Å². The van der Waals surface area contributed by atoms with Crippen LogP contribution in [0.3, 0.4) is 0 Å². The number of aryl methyl sites for hydroxylation is 1. The number of esters is 2. The number of aromatic nitrogens is 1. The number of hydrogen-bond acceptors (Lipinski definition) is 8. The zero-order chi connectivity index (χ0) is 31.4. The maximum absolute atomic E-state index is 14.0. The molecule has 0 bridgehead atoms. The summed E-state index contributed by atoms with van der Waals surface area (Å²) in [6, 6.07) is 22.6. The molecule has 0 aliphatic carbocycles. The van der Waals surface area contributed by atoms with E-state index in [2.05, 4.69) is 16.3 Å². The number of ether oxygens (including phenoxy) is 2. The maximum atomic E-state index is 14.0. The molecular weight excluding hydrogens is 560 g/mol. The smallest absolute Gasteiger partial charge is 0.331 e. The standard InChI is InChI=1S/C35H30N2O7/c1-5-33(40)43-20-31(36-44-23(4)39)24-14-15-32-28(18-24)29-19-30(35(41)25-11-7-6-10-21(25)2)26-12-8-9-13-27(26)34(29)37(32)16-17-42-22(3)38/h5-15,18-19H,1,16-17,20H2,2-4H3. The summed E-state index contributed by atoms with van der Waals surface area (Å²) < 4.78 is 12.6. The SMILES string of the molecule is C=CC(=O)OCC(=NOC(C)=O)c1ccc2c(c1)c1cc(C(=O)c3ccccc3C)c3ccccc3c1n2CCOC(C)=O. The van der Waals surface area contributed by atoms with Crippen LogP contribution in [-0.2, 0) is 35.2 Å². The van der Waals surface area contributed by atoms with Gasteiger partial charge < -0.3 is 18.9 Å². The van der Waals surface area contributed by atoms with Crippen LogP contribution in [0.25, 0.3) is 32.6 Å². The van der Waals surface area contributed by atoms with Crippen LogP contribution in [0.2, 0.25) is 0 Å². The number of benzene rings is 4. The van der Waals surface area contributed by atoms with Crippen molar-refractivity contribution in [2.75, 3.05) is 13.2 Å². The number of carbonyl (C=O) groups excluding carboxylic acids is 4. The first-order valence-corrected chi connectivity index (χ1v) is 13.9. The van der Waals surface area contributed by atoms with Gasteiger partial charge in [0, 0.05) is 58.3 Å². The molecule has 222 valence electrons. The Balaban J connectivity index is 1.79. The first-order chi connectivity index (χ1) is 21.2. The van der Waals surface area contributed by atoms with E-state index in [0.29, 0.717) is 23.2 Å². The second-order valence-corrected chi connectivity index (χ2v) is 10.2. The molecule has 9 nitrogen and oxygen atoms in total. The van der Waals surface area contributed by atoms with Gasteiger partial charge in [0.05, 0.1) is 12.1 Å². The monoisotopic (exact) mass is 590 g/mol. The Morgan fingerprint density at radius 3 is 2.25 bits per heavy atom. The highest BCUT2D eigenvalue weighted by molar-refractivity contribution is 6.26. The van der Waals surface area contributed by atoms with Crippen LogP contribution in [0, 0.1) is 6.92 Å². The highest BCUT2D eigenvalue weighted by atomic mass is 16.7. The van der Waals surface area contributed by atoms with Gasteiger partial charge in [0.15, 0.2) is 5.78 Å². The van der Waals surface area contributed by atoms with E-state index in [0.717, 1.165) is 44.2 Å². The van der Waals surface area contributed by atoms with Crippen molar-refractivity contribution < 1.29 is 33.5 Å². The lowest BCUT2D eigenvalue weighted by Gasteiger charge is -2.13. The summed E-state index contributed by atoms with van der Waals surface area (Å²) in [5, 5.41) is 7.15. The van der Waals surface area contributed by atoms with Crippen LogP contribution < -0.4 is 0 Å². The van der Waals surface area contributed by atoms with E-state index in [1.54, 1.807) is 6.07 Å². The van der Waals surface area contributed by atoms with Gasteiger partial charge in [0.2, 0.25) is 0 Å². The molecule has 0 atom stereocenters. The van der Waals surface area contributed by atoms with Gasteiger partial charge in [-0.2, -0.15) is 0 Å². The largest absolute Gasteiger partial charge is 0.464 e. The number of fused-ring (bicyclic) bond motifs is 5. The van der Waals surface area contributed by atoms with Crippen LogP contribution in [0.1, 0.15) is 40.9 Å². The summed E-state index contributed by atoms with van der Waals surface area (Å²) in [4.78, 5) is 53.9. The summed E-state index contributed by atoms with van der Waals surface area (Å²) in [6.07, 6.45) is 1.03. The fourth-order valence-corrected chi connectivity index (χ4v) is 5.30. The van der Waals surface area contributed by atoms with Gasteiger partial charge in [-0.3, -0.25) is 9.59 Å². The molecule has 5 aromatic rings. The molecule has 0 saturated carbocycles. The van der Waals surface area contributed by atoms with E-state index in [1.165, 1.54) is 13.8 Å². The molecule has 1 heterocycles. The van der Waals surface area contributed by atoms with Crippen molar-refractivity contribution >= 4 is 62.0 Å². The van der Waals surface area contributed by atoms with E-state index >= 15 is 0 Å². The minimum absolute atomic E-state index is 0.105. The Morgan fingerprint density at radius 1 is 0.818 bits per heavy atom. The molecule has 5 rings (SSSR count). The van der Waals surface area contributed by atoms with E-state index in [9.17, 15) is 19.2 Å². The van der Waals surface area contributed by atoms with Gasteiger partial charge in [-0.05, 0) is 36.1 Å². The molecular formula is C35H30N2O7. The molecule has 4 aromatic carbocycles. The Hall–Kier alpha value is -5.57. The predicted molar refractivity (Wildman–Crippen MR) is 168 cm³/mol. The number of oxime groups is 1. The Kier molecular flexibility index (Phi) is 8.66. The van der Waals surface area contributed by atoms with Crippen molar-refractivity contribution in [3.05, 3.63) is 108 Å². The first kappa shape index (κ1) is 29.9. The molecule has 0 amide bonds. The average molecular weight is 591 g/mol. The number of hydrogen-bond donors (Lipinski definition) is 0. The van der Waals surface area contributed by atoms with Gasteiger partial charge >= 0.3 is 17.9 Å². The van der Waals surface area contributed by atoms with Crippen molar-refractivity contribution in [1.29, 1.82) is 0 Å². The van der Waals surface area contributed by atoms with E-state index in [4.69, 9.17) is 14.3 Å². The zero-order valence-electron chi connectivity index (χ0n) is 24.6. The minimum atomic E-state index is -0.658. The lowest BCUT2D eigenvalue weighted by Crippen LogP contribution is -2.15. The quantitative estimate of drug-likeness (QED) is 0.0486. The van der Waals surface area contributed by atoms with E-state index < -0.39 is 11.9 Å². The van der Waals surface area contributed by atoms with Crippen molar-refractivity contribution in [3.63, 3.8) is 0 Å².